The van der Waals surface area contributed by atoms with E-state index < -0.39 is 6.04 Å². The number of ether oxygens (including phenoxy) is 2. The molecular weight excluding hydrogens is 326 g/mol. The zero-order valence-electron chi connectivity index (χ0n) is 11.7. The third-order valence-electron chi connectivity index (χ3n) is 2.70. The van der Waals surface area contributed by atoms with Crippen LogP contribution in [0.25, 0.3) is 0 Å². The van der Waals surface area contributed by atoms with Crippen molar-refractivity contribution in [2.24, 2.45) is 0 Å². The molecule has 1 rings (SSSR count). The van der Waals surface area contributed by atoms with Crippen LogP contribution >= 0.6 is 15.9 Å². The van der Waals surface area contributed by atoms with Crippen LogP contribution in [0.2, 0.25) is 0 Å². The second-order valence-electron chi connectivity index (χ2n) is 4.04. The van der Waals surface area contributed by atoms with Gasteiger partial charge in [0.05, 0.1) is 19.3 Å². The van der Waals surface area contributed by atoms with Gasteiger partial charge < -0.3 is 14.8 Å². The molecule has 0 radical (unpaired) electrons. The second kappa shape index (κ2) is 7.89. The third kappa shape index (κ3) is 4.23. The summed E-state index contributed by atoms with van der Waals surface area (Å²) >= 11 is 3.37. The molecular formula is C14H18BrNO4. The number of nitrogens with one attached hydrogen (secondary N) is 1. The van der Waals surface area contributed by atoms with Gasteiger partial charge in [-0.3, -0.25) is 0 Å². The lowest BCUT2D eigenvalue weighted by atomic mass is 10.1. The van der Waals surface area contributed by atoms with Crippen LogP contribution < -0.4 is 5.32 Å². The van der Waals surface area contributed by atoms with Crippen molar-refractivity contribution in [3.8, 4) is 0 Å². The van der Waals surface area contributed by atoms with Crippen molar-refractivity contribution in [1.82, 2.24) is 0 Å². The first-order chi connectivity index (χ1) is 9.53. The SMILES string of the molecule is CCOC(=O)c1ccc(NC(CC)C(=O)OC)c(Br)c1. The molecule has 0 aliphatic heterocycles. The summed E-state index contributed by atoms with van der Waals surface area (Å²) in [4.78, 5) is 23.1. The van der Waals surface area contributed by atoms with Crippen molar-refractivity contribution in [3.05, 3.63) is 28.2 Å². The summed E-state index contributed by atoms with van der Waals surface area (Å²) in [7, 11) is 1.35. The van der Waals surface area contributed by atoms with Gasteiger partial charge in [0.15, 0.2) is 0 Å². The van der Waals surface area contributed by atoms with Crippen molar-refractivity contribution in [3.63, 3.8) is 0 Å². The van der Waals surface area contributed by atoms with Crippen LogP contribution in [0.15, 0.2) is 22.7 Å². The lowest BCUT2D eigenvalue weighted by molar-refractivity contribution is -0.141. The van der Waals surface area contributed by atoms with E-state index in [1.54, 1.807) is 25.1 Å². The van der Waals surface area contributed by atoms with Gasteiger partial charge in [-0.05, 0) is 47.5 Å². The fourth-order valence-electron chi connectivity index (χ4n) is 1.63. The smallest absolute Gasteiger partial charge is 0.338 e. The minimum atomic E-state index is -0.426. The largest absolute Gasteiger partial charge is 0.467 e. The predicted molar refractivity (Wildman–Crippen MR) is 79.8 cm³/mol. The minimum absolute atomic E-state index is 0.325. The van der Waals surface area contributed by atoms with E-state index in [1.807, 2.05) is 6.92 Å². The zero-order chi connectivity index (χ0) is 15.1. The van der Waals surface area contributed by atoms with Gasteiger partial charge in [-0.2, -0.15) is 0 Å². The van der Waals surface area contributed by atoms with E-state index >= 15 is 0 Å². The molecule has 1 aromatic carbocycles. The van der Waals surface area contributed by atoms with Crippen LogP contribution in [0.4, 0.5) is 5.69 Å². The molecule has 6 heteroatoms. The summed E-state index contributed by atoms with van der Waals surface area (Å²) in [5, 5.41) is 3.07. The highest BCUT2D eigenvalue weighted by Gasteiger charge is 2.18. The molecule has 1 unspecified atom stereocenters. The lowest BCUT2D eigenvalue weighted by Crippen LogP contribution is -2.30. The molecule has 1 N–H and O–H groups in total. The van der Waals surface area contributed by atoms with Crippen molar-refractivity contribution in [2.45, 2.75) is 26.3 Å². The van der Waals surface area contributed by atoms with Gasteiger partial charge in [0.25, 0.3) is 0 Å². The molecule has 0 aliphatic carbocycles. The van der Waals surface area contributed by atoms with E-state index in [4.69, 9.17) is 9.47 Å². The minimum Gasteiger partial charge on any atom is -0.467 e. The van der Waals surface area contributed by atoms with E-state index in [2.05, 4.69) is 21.2 Å². The van der Waals surface area contributed by atoms with Gasteiger partial charge in [-0.15, -0.1) is 0 Å². The van der Waals surface area contributed by atoms with Crippen molar-refractivity contribution in [1.29, 1.82) is 0 Å². The maximum absolute atomic E-state index is 11.6. The van der Waals surface area contributed by atoms with Crippen LogP contribution in [0, 0.1) is 0 Å². The van der Waals surface area contributed by atoms with E-state index in [9.17, 15) is 9.59 Å². The van der Waals surface area contributed by atoms with Gasteiger partial charge in [0.2, 0.25) is 0 Å². The molecule has 0 saturated carbocycles. The molecule has 0 saturated heterocycles. The average Bonchev–Trinajstić information content (AvgIpc) is 2.45. The number of carbonyl (C=O) groups excluding carboxylic acids is 2. The summed E-state index contributed by atoms with van der Waals surface area (Å²) in [6.07, 6.45) is 0.596. The Bertz CT molecular complexity index is 490. The highest BCUT2D eigenvalue weighted by atomic mass is 79.9. The van der Waals surface area contributed by atoms with Gasteiger partial charge in [0.1, 0.15) is 6.04 Å². The molecule has 0 fully saturated rings. The number of anilines is 1. The van der Waals surface area contributed by atoms with E-state index in [1.165, 1.54) is 7.11 Å². The van der Waals surface area contributed by atoms with Crippen LogP contribution in [0.3, 0.4) is 0 Å². The van der Waals surface area contributed by atoms with Crippen molar-refractivity contribution in [2.75, 3.05) is 19.0 Å². The molecule has 5 nitrogen and oxygen atoms in total. The first-order valence-corrected chi connectivity index (χ1v) is 7.13. The van der Waals surface area contributed by atoms with Gasteiger partial charge in [-0.1, -0.05) is 6.92 Å². The third-order valence-corrected chi connectivity index (χ3v) is 3.36. The topological polar surface area (TPSA) is 64.6 Å². The lowest BCUT2D eigenvalue weighted by Gasteiger charge is -2.17. The highest BCUT2D eigenvalue weighted by molar-refractivity contribution is 9.10. The van der Waals surface area contributed by atoms with Gasteiger partial charge in [0, 0.05) is 10.2 Å². The average molecular weight is 344 g/mol. The molecule has 1 aromatic rings. The first kappa shape index (κ1) is 16.5. The first-order valence-electron chi connectivity index (χ1n) is 6.34. The second-order valence-corrected chi connectivity index (χ2v) is 4.90. The molecule has 0 heterocycles. The molecule has 0 bridgehead atoms. The molecule has 20 heavy (non-hydrogen) atoms. The molecule has 0 aromatic heterocycles. The van der Waals surface area contributed by atoms with Crippen molar-refractivity contribution >= 4 is 33.6 Å². The fourth-order valence-corrected chi connectivity index (χ4v) is 2.12. The zero-order valence-corrected chi connectivity index (χ0v) is 13.3. The normalized spacial score (nSPS) is 11.6. The van der Waals surface area contributed by atoms with Crippen LogP contribution in [-0.2, 0) is 14.3 Å². The quantitative estimate of drug-likeness (QED) is 0.804. The summed E-state index contributed by atoms with van der Waals surface area (Å²) in [5.41, 5.74) is 1.17. The number of hydrogen-bond donors (Lipinski definition) is 1. The van der Waals surface area contributed by atoms with Crippen LogP contribution in [0.1, 0.15) is 30.6 Å². The number of hydrogen-bond acceptors (Lipinski definition) is 5. The highest BCUT2D eigenvalue weighted by Crippen LogP contribution is 2.25. The Balaban J connectivity index is 2.87. The fraction of sp³-hybridized carbons (Fsp3) is 0.429. The van der Waals surface area contributed by atoms with Crippen molar-refractivity contribution < 1.29 is 19.1 Å². The Morgan fingerprint density at radius 1 is 1.35 bits per heavy atom. The Labute approximate surface area is 126 Å². The standard InChI is InChI=1S/C14H18BrNO4/c1-4-11(14(18)19-3)16-12-7-6-9(8-10(12)15)13(17)20-5-2/h6-8,11,16H,4-5H2,1-3H3. The maximum Gasteiger partial charge on any atom is 0.338 e. The number of carbonyl (C=O) groups is 2. The summed E-state index contributed by atoms with van der Waals surface area (Å²) < 4.78 is 10.3. The van der Waals surface area contributed by atoms with Crippen LogP contribution in [-0.4, -0.2) is 31.7 Å². The van der Waals surface area contributed by atoms with Crippen LogP contribution in [0.5, 0.6) is 0 Å². The number of halogens is 1. The predicted octanol–water partition coefficient (Wildman–Crippen LogP) is 2.99. The maximum atomic E-state index is 11.6. The number of esters is 2. The molecule has 1 atom stereocenters. The van der Waals surface area contributed by atoms with E-state index in [-0.39, 0.29) is 11.9 Å². The Hall–Kier alpha value is -1.56. The molecule has 0 aliphatic rings. The molecule has 110 valence electrons. The summed E-state index contributed by atoms with van der Waals surface area (Å²) in [5.74, 6) is -0.700. The Morgan fingerprint density at radius 2 is 2.05 bits per heavy atom. The van der Waals surface area contributed by atoms with E-state index in [0.29, 0.717) is 23.1 Å². The van der Waals surface area contributed by atoms with E-state index in [0.717, 1.165) is 5.69 Å². The van der Waals surface area contributed by atoms with Gasteiger partial charge in [-0.25, -0.2) is 9.59 Å². The van der Waals surface area contributed by atoms with Gasteiger partial charge >= 0.3 is 11.9 Å². The number of rotatable bonds is 6. The Kier molecular flexibility index (Phi) is 6.51. The molecule has 0 amide bonds. The number of benzene rings is 1. The summed E-state index contributed by atoms with van der Waals surface area (Å²) in [6.45, 7) is 3.97. The summed E-state index contributed by atoms with van der Waals surface area (Å²) in [6, 6.07) is 4.60. The molecule has 0 spiro atoms. The monoisotopic (exact) mass is 343 g/mol. The number of methoxy groups -OCH3 is 1. The Morgan fingerprint density at radius 3 is 2.55 bits per heavy atom.